The van der Waals surface area contributed by atoms with E-state index in [0.29, 0.717) is 6.42 Å². The van der Waals surface area contributed by atoms with Gasteiger partial charge in [-0.15, -0.1) is 6.58 Å². The average molecular weight is 219 g/mol. The van der Waals surface area contributed by atoms with Crippen LogP contribution in [0.2, 0.25) is 0 Å². The van der Waals surface area contributed by atoms with E-state index in [2.05, 4.69) is 16.9 Å². The van der Waals surface area contributed by atoms with E-state index in [1.54, 1.807) is 12.3 Å². The largest absolute Gasteiger partial charge is 0.347 e. The topological polar surface area (TPSA) is 68.0 Å². The van der Waals surface area contributed by atoms with Crippen molar-refractivity contribution in [2.24, 2.45) is 5.73 Å². The number of carbonyl (C=O) groups is 1. The number of hydrogen-bond acceptors (Lipinski definition) is 3. The number of nitrogens with one attached hydrogen (secondary N) is 1. The molecule has 1 heterocycles. The average Bonchev–Trinajstić information content (AvgIpc) is 2.30. The molecular weight excluding hydrogens is 202 g/mol. The molecule has 0 aliphatic heterocycles. The van der Waals surface area contributed by atoms with Crippen LogP contribution in [0.3, 0.4) is 0 Å². The molecule has 1 amide bonds. The molecule has 0 saturated carbocycles. The Kier molecular flexibility index (Phi) is 4.66. The molecule has 0 bridgehead atoms. The minimum atomic E-state index is -0.538. The number of nitrogens with two attached hydrogens (primary N) is 1. The Labute approximate surface area is 95.6 Å². The highest BCUT2D eigenvalue weighted by molar-refractivity contribution is 5.81. The third-order valence-corrected chi connectivity index (χ3v) is 2.25. The fourth-order valence-corrected chi connectivity index (χ4v) is 1.31. The molecular formula is C12H17N3O. The van der Waals surface area contributed by atoms with Gasteiger partial charge in [0.2, 0.25) is 5.91 Å². The minimum Gasteiger partial charge on any atom is -0.347 e. The molecule has 2 atom stereocenters. The summed E-state index contributed by atoms with van der Waals surface area (Å²) in [7, 11) is 0. The maximum atomic E-state index is 11.6. The van der Waals surface area contributed by atoms with Crippen LogP contribution >= 0.6 is 0 Å². The molecule has 0 radical (unpaired) electrons. The molecule has 0 spiro atoms. The van der Waals surface area contributed by atoms with Gasteiger partial charge in [0.15, 0.2) is 0 Å². The summed E-state index contributed by atoms with van der Waals surface area (Å²) in [6.45, 7) is 5.42. The van der Waals surface area contributed by atoms with E-state index in [-0.39, 0.29) is 11.9 Å². The van der Waals surface area contributed by atoms with Crippen LogP contribution in [0.15, 0.2) is 37.1 Å². The predicted molar refractivity (Wildman–Crippen MR) is 63.6 cm³/mol. The molecule has 4 nitrogen and oxygen atoms in total. The second-order valence-electron chi connectivity index (χ2n) is 3.62. The molecule has 1 aromatic heterocycles. The molecule has 1 rings (SSSR count). The van der Waals surface area contributed by atoms with Crippen LogP contribution in [-0.2, 0) is 4.79 Å². The first-order valence-electron chi connectivity index (χ1n) is 5.23. The lowest BCUT2D eigenvalue weighted by atomic mass is 10.1. The Bertz CT molecular complexity index is 351. The first-order valence-corrected chi connectivity index (χ1v) is 5.23. The molecule has 4 heteroatoms. The van der Waals surface area contributed by atoms with Gasteiger partial charge < -0.3 is 11.1 Å². The van der Waals surface area contributed by atoms with Gasteiger partial charge in [0, 0.05) is 6.20 Å². The number of carbonyl (C=O) groups excluding carboxylic acids is 1. The molecule has 86 valence electrons. The summed E-state index contributed by atoms with van der Waals surface area (Å²) in [4.78, 5) is 15.8. The first kappa shape index (κ1) is 12.4. The lowest BCUT2D eigenvalue weighted by Gasteiger charge is -2.16. The Morgan fingerprint density at radius 1 is 1.69 bits per heavy atom. The standard InChI is InChI=1S/C12H17N3O/c1-3-6-10(13)12(16)15-9(2)11-7-4-5-8-14-11/h3-5,7-10H,1,6,13H2,2H3,(H,15,16)/t9-,10?/m1/s1. The number of aromatic nitrogens is 1. The summed E-state index contributed by atoms with van der Waals surface area (Å²) in [6, 6.07) is 4.91. The second kappa shape index (κ2) is 6.02. The zero-order valence-corrected chi connectivity index (χ0v) is 9.39. The Hall–Kier alpha value is -1.68. The van der Waals surface area contributed by atoms with Crippen molar-refractivity contribution in [3.8, 4) is 0 Å². The van der Waals surface area contributed by atoms with E-state index in [0.717, 1.165) is 5.69 Å². The van der Waals surface area contributed by atoms with E-state index in [1.807, 2.05) is 25.1 Å². The van der Waals surface area contributed by atoms with Gasteiger partial charge in [-0.1, -0.05) is 12.1 Å². The number of amides is 1. The van der Waals surface area contributed by atoms with Crippen molar-refractivity contribution >= 4 is 5.91 Å². The fourth-order valence-electron chi connectivity index (χ4n) is 1.31. The molecule has 1 aromatic rings. The zero-order valence-electron chi connectivity index (χ0n) is 9.39. The lowest BCUT2D eigenvalue weighted by Crippen LogP contribution is -2.41. The van der Waals surface area contributed by atoms with Gasteiger partial charge in [-0.2, -0.15) is 0 Å². The van der Waals surface area contributed by atoms with E-state index in [4.69, 9.17) is 5.73 Å². The molecule has 16 heavy (non-hydrogen) atoms. The molecule has 1 unspecified atom stereocenters. The Balaban J connectivity index is 2.55. The van der Waals surface area contributed by atoms with Crippen LogP contribution in [0.5, 0.6) is 0 Å². The molecule has 0 aliphatic carbocycles. The highest BCUT2D eigenvalue weighted by Crippen LogP contribution is 2.07. The van der Waals surface area contributed by atoms with Gasteiger partial charge in [-0.25, -0.2) is 0 Å². The number of nitrogens with zero attached hydrogens (tertiary/aromatic N) is 1. The van der Waals surface area contributed by atoms with Crippen molar-refractivity contribution in [3.63, 3.8) is 0 Å². The highest BCUT2D eigenvalue weighted by atomic mass is 16.2. The summed E-state index contributed by atoms with van der Waals surface area (Å²) in [5.41, 5.74) is 6.47. The molecule has 0 aromatic carbocycles. The number of hydrogen-bond donors (Lipinski definition) is 2. The molecule has 0 fully saturated rings. The number of rotatable bonds is 5. The smallest absolute Gasteiger partial charge is 0.237 e. The number of pyridine rings is 1. The van der Waals surface area contributed by atoms with Crippen LogP contribution in [0.4, 0.5) is 0 Å². The van der Waals surface area contributed by atoms with Gasteiger partial charge in [0.25, 0.3) is 0 Å². The fraction of sp³-hybridized carbons (Fsp3) is 0.333. The van der Waals surface area contributed by atoms with E-state index in [9.17, 15) is 4.79 Å². The summed E-state index contributed by atoms with van der Waals surface area (Å²) < 4.78 is 0. The van der Waals surface area contributed by atoms with Crippen molar-refractivity contribution in [2.45, 2.75) is 25.4 Å². The van der Waals surface area contributed by atoms with Crippen molar-refractivity contribution in [2.75, 3.05) is 0 Å². The summed E-state index contributed by atoms with van der Waals surface area (Å²) in [5, 5.41) is 2.81. The maximum absolute atomic E-state index is 11.6. The molecule has 3 N–H and O–H groups in total. The van der Waals surface area contributed by atoms with Crippen LogP contribution in [0.25, 0.3) is 0 Å². The van der Waals surface area contributed by atoms with E-state index in [1.165, 1.54) is 0 Å². The van der Waals surface area contributed by atoms with Crippen molar-refractivity contribution in [3.05, 3.63) is 42.7 Å². The van der Waals surface area contributed by atoms with Crippen LogP contribution in [0.1, 0.15) is 25.1 Å². The quantitative estimate of drug-likeness (QED) is 0.730. The first-order chi connectivity index (χ1) is 7.65. The van der Waals surface area contributed by atoms with Crippen molar-refractivity contribution < 1.29 is 4.79 Å². The summed E-state index contributed by atoms with van der Waals surface area (Å²) in [5.74, 6) is -0.182. The Morgan fingerprint density at radius 2 is 2.44 bits per heavy atom. The van der Waals surface area contributed by atoms with Gasteiger partial charge in [-0.05, 0) is 25.5 Å². The molecule has 0 saturated heterocycles. The maximum Gasteiger partial charge on any atom is 0.237 e. The normalized spacial score (nSPS) is 13.9. The van der Waals surface area contributed by atoms with Crippen molar-refractivity contribution in [1.29, 1.82) is 0 Å². The van der Waals surface area contributed by atoms with Gasteiger partial charge in [0.05, 0.1) is 17.8 Å². The van der Waals surface area contributed by atoms with Crippen LogP contribution < -0.4 is 11.1 Å². The highest BCUT2D eigenvalue weighted by Gasteiger charge is 2.15. The summed E-state index contributed by atoms with van der Waals surface area (Å²) >= 11 is 0. The van der Waals surface area contributed by atoms with Crippen LogP contribution in [-0.4, -0.2) is 16.9 Å². The van der Waals surface area contributed by atoms with Crippen LogP contribution in [0, 0.1) is 0 Å². The third-order valence-electron chi connectivity index (χ3n) is 2.25. The van der Waals surface area contributed by atoms with E-state index >= 15 is 0 Å². The summed E-state index contributed by atoms with van der Waals surface area (Å²) in [6.07, 6.45) is 3.80. The molecule has 0 aliphatic rings. The second-order valence-corrected chi connectivity index (χ2v) is 3.62. The van der Waals surface area contributed by atoms with Gasteiger partial charge >= 0.3 is 0 Å². The minimum absolute atomic E-state index is 0.135. The van der Waals surface area contributed by atoms with Gasteiger partial charge in [-0.3, -0.25) is 9.78 Å². The van der Waals surface area contributed by atoms with E-state index < -0.39 is 6.04 Å². The third kappa shape index (κ3) is 3.47. The Morgan fingerprint density at radius 3 is 3.00 bits per heavy atom. The monoisotopic (exact) mass is 219 g/mol. The SMILES string of the molecule is C=CCC(N)C(=O)N[C@H](C)c1ccccn1. The lowest BCUT2D eigenvalue weighted by molar-refractivity contribution is -0.122. The van der Waals surface area contributed by atoms with Crippen molar-refractivity contribution in [1.82, 2.24) is 10.3 Å². The predicted octanol–water partition coefficient (Wildman–Crippen LogP) is 1.16. The zero-order chi connectivity index (χ0) is 12.0. The van der Waals surface area contributed by atoms with Gasteiger partial charge in [0.1, 0.15) is 0 Å².